The zero-order valence-electron chi connectivity index (χ0n) is 12.1. The minimum absolute atomic E-state index is 0.331. The summed E-state index contributed by atoms with van der Waals surface area (Å²) in [6.07, 6.45) is 6.45. The Balaban J connectivity index is 2.14. The maximum atomic E-state index is 11.8. The van der Waals surface area contributed by atoms with Gasteiger partial charge in [0.2, 0.25) is 0 Å². The summed E-state index contributed by atoms with van der Waals surface area (Å²) in [7, 11) is 1.39. The maximum absolute atomic E-state index is 11.8. The lowest BCUT2D eigenvalue weighted by molar-refractivity contribution is 0.0601. The van der Waals surface area contributed by atoms with Gasteiger partial charge in [0.1, 0.15) is 0 Å². The summed E-state index contributed by atoms with van der Waals surface area (Å²) < 4.78 is 4.82. The molecule has 0 heterocycles. The second-order valence-electron chi connectivity index (χ2n) is 5.51. The Hall–Kier alpha value is -1.22. The van der Waals surface area contributed by atoms with E-state index < -0.39 is 0 Å². The number of esters is 1. The summed E-state index contributed by atoms with van der Waals surface area (Å²) in [6, 6.07) is 5.55. The van der Waals surface area contributed by atoms with Crippen molar-refractivity contribution < 1.29 is 9.53 Å². The highest BCUT2D eigenvalue weighted by atomic mass is 35.5. The number of carbonyl (C=O) groups is 1. The minimum Gasteiger partial charge on any atom is -0.465 e. The van der Waals surface area contributed by atoms with E-state index in [1.165, 1.54) is 39.2 Å². The maximum Gasteiger partial charge on any atom is 0.339 e. The molecule has 0 spiro atoms. The zero-order chi connectivity index (χ0) is 14.5. The quantitative estimate of drug-likeness (QED) is 0.831. The molecule has 1 fully saturated rings. The molecule has 1 aromatic rings. The van der Waals surface area contributed by atoms with Gasteiger partial charge in [0.15, 0.2) is 0 Å². The van der Waals surface area contributed by atoms with E-state index in [1.54, 1.807) is 18.2 Å². The van der Waals surface area contributed by atoms with Crippen molar-refractivity contribution in [1.29, 1.82) is 0 Å². The number of anilines is 1. The molecule has 110 valence electrons. The molecule has 1 aliphatic carbocycles. The third kappa shape index (κ3) is 3.66. The van der Waals surface area contributed by atoms with Crippen LogP contribution in [0.1, 0.15) is 49.4 Å². The average molecular weight is 296 g/mol. The fourth-order valence-corrected chi connectivity index (χ4v) is 3.09. The van der Waals surface area contributed by atoms with Crippen LogP contribution in [0.3, 0.4) is 0 Å². The monoisotopic (exact) mass is 295 g/mol. The highest BCUT2D eigenvalue weighted by molar-refractivity contribution is 6.31. The molecule has 0 aliphatic heterocycles. The van der Waals surface area contributed by atoms with Crippen LogP contribution >= 0.6 is 11.6 Å². The van der Waals surface area contributed by atoms with Crippen LogP contribution in [0.4, 0.5) is 5.69 Å². The number of hydrogen-bond donors (Lipinski definition) is 1. The molecular weight excluding hydrogens is 274 g/mol. The fraction of sp³-hybridized carbons (Fsp3) is 0.562. The van der Waals surface area contributed by atoms with Crippen LogP contribution < -0.4 is 5.32 Å². The standard InChI is InChI=1S/C16H22ClNO2/c1-11(12-6-4-3-5-7-12)18-15-10-13(17)8-9-14(15)16(19)20-2/h8-12,18H,3-7H2,1-2H3. The second kappa shape index (κ2) is 6.98. The Morgan fingerprint density at radius 2 is 2.05 bits per heavy atom. The fourth-order valence-electron chi connectivity index (χ4n) is 2.92. The van der Waals surface area contributed by atoms with E-state index in [1.807, 2.05) is 0 Å². The Morgan fingerprint density at radius 3 is 2.70 bits per heavy atom. The number of halogens is 1. The van der Waals surface area contributed by atoms with Crippen LogP contribution in [0, 0.1) is 5.92 Å². The summed E-state index contributed by atoms with van der Waals surface area (Å²) in [4.78, 5) is 11.8. The molecule has 0 saturated heterocycles. The van der Waals surface area contributed by atoms with Crippen LogP contribution in [0.5, 0.6) is 0 Å². The van der Waals surface area contributed by atoms with E-state index in [0.29, 0.717) is 22.5 Å². The van der Waals surface area contributed by atoms with Crippen LogP contribution in [-0.2, 0) is 4.74 Å². The zero-order valence-corrected chi connectivity index (χ0v) is 12.9. The molecule has 1 atom stereocenters. The predicted octanol–water partition coefficient (Wildman–Crippen LogP) is 4.51. The molecule has 1 N–H and O–H groups in total. The SMILES string of the molecule is COC(=O)c1ccc(Cl)cc1NC(C)C1CCCCC1. The molecule has 2 rings (SSSR count). The van der Waals surface area contributed by atoms with Gasteiger partial charge in [-0.15, -0.1) is 0 Å². The van der Waals surface area contributed by atoms with Crippen LogP contribution in [0.15, 0.2) is 18.2 Å². The van der Waals surface area contributed by atoms with Gasteiger partial charge in [0.25, 0.3) is 0 Å². The third-order valence-electron chi connectivity index (χ3n) is 4.13. The average Bonchev–Trinajstić information content (AvgIpc) is 2.47. The van der Waals surface area contributed by atoms with Crippen LogP contribution in [-0.4, -0.2) is 19.1 Å². The molecule has 3 nitrogen and oxygen atoms in total. The van der Waals surface area contributed by atoms with Crippen molar-refractivity contribution in [2.24, 2.45) is 5.92 Å². The molecule has 1 unspecified atom stereocenters. The van der Waals surface area contributed by atoms with Gasteiger partial charge in [-0.05, 0) is 43.9 Å². The summed E-state index contributed by atoms with van der Waals surface area (Å²) in [5, 5.41) is 4.07. The minimum atomic E-state index is -0.333. The van der Waals surface area contributed by atoms with Gasteiger partial charge in [0.05, 0.1) is 18.4 Å². The van der Waals surface area contributed by atoms with Gasteiger partial charge >= 0.3 is 5.97 Å². The normalized spacial score (nSPS) is 17.6. The number of nitrogens with one attached hydrogen (secondary N) is 1. The molecule has 0 bridgehead atoms. The van der Waals surface area contributed by atoms with Gasteiger partial charge in [0, 0.05) is 11.1 Å². The van der Waals surface area contributed by atoms with Crippen molar-refractivity contribution in [2.75, 3.05) is 12.4 Å². The van der Waals surface area contributed by atoms with E-state index in [9.17, 15) is 4.79 Å². The number of methoxy groups -OCH3 is 1. The van der Waals surface area contributed by atoms with Gasteiger partial charge in [-0.25, -0.2) is 4.79 Å². The Morgan fingerprint density at radius 1 is 1.35 bits per heavy atom. The molecule has 0 aromatic heterocycles. The lowest BCUT2D eigenvalue weighted by atomic mass is 9.84. The molecule has 0 amide bonds. The molecule has 1 saturated carbocycles. The topological polar surface area (TPSA) is 38.3 Å². The predicted molar refractivity (Wildman–Crippen MR) is 82.5 cm³/mol. The summed E-state index contributed by atoms with van der Waals surface area (Å²) >= 11 is 6.04. The highest BCUT2D eigenvalue weighted by Gasteiger charge is 2.21. The molecular formula is C16H22ClNO2. The Labute approximate surface area is 125 Å². The lowest BCUT2D eigenvalue weighted by Gasteiger charge is -2.29. The van der Waals surface area contributed by atoms with Gasteiger partial charge in [-0.1, -0.05) is 30.9 Å². The largest absolute Gasteiger partial charge is 0.465 e. The van der Waals surface area contributed by atoms with Crippen molar-refractivity contribution in [3.63, 3.8) is 0 Å². The van der Waals surface area contributed by atoms with E-state index >= 15 is 0 Å². The molecule has 1 aromatic carbocycles. The third-order valence-corrected chi connectivity index (χ3v) is 4.36. The Bertz CT molecular complexity index is 470. The first kappa shape index (κ1) is 15.2. The smallest absolute Gasteiger partial charge is 0.339 e. The van der Waals surface area contributed by atoms with Crippen molar-refractivity contribution in [2.45, 2.75) is 45.1 Å². The highest BCUT2D eigenvalue weighted by Crippen LogP contribution is 2.30. The summed E-state index contributed by atoms with van der Waals surface area (Å²) in [6.45, 7) is 2.18. The summed E-state index contributed by atoms with van der Waals surface area (Å²) in [5.41, 5.74) is 1.31. The van der Waals surface area contributed by atoms with Crippen molar-refractivity contribution >= 4 is 23.3 Å². The number of hydrogen-bond acceptors (Lipinski definition) is 3. The van der Waals surface area contributed by atoms with Crippen LogP contribution in [0.2, 0.25) is 5.02 Å². The first-order valence-corrected chi connectivity index (χ1v) is 7.64. The first-order valence-electron chi connectivity index (χ1n) is 7.26. The lowest BCUT2D eigenvalue weighted by Crippen LogP contribution is -2.28. The summed E-state index contributed by atoms with van der Waals surface area (Å²) in [5.74, 6) is 0.327. The number of benzene rings is 1. The van der Waals surface area contributed by atoms with Gasteiger partial charge in [-0.2, -0.15) is 0 Å². The molecule has 20 heavy (non-hydrogen) atoms. The van der Waals surface area contributed by atoms with E-state index in [0.717, 1.165) is 5.69 Å². The van der Waals surface area contributed by atoms with Crippen molar-refractivity contribution in [1.82, 2.24) is 0 Å². The first-order chi connectivity index (χ1) is 9.61. The van der Waals surface area contributed by atoms with Crippen molar-refractivity contribution in [3.05, 3.63) is 28.8 Å². The second-order valence-corrected chi connectivity index (χ2v) is 5.95. The van der Waals surface area contributed by atoms with Gasteiger partial charge < -0.3 is 10.1 Å². The molecule has 0 radical (unpaired) electrons. The van der Waals surface area contributed by atoms with Crippen LogP contribution in [0.25, 0.3) is 0 Å². The Kier molecular flexibility index (Phi) is 5.30. The van der Waals surface area contributed by atoms with E-state index in [2.05, 4.69) is 12.2 Å². The molecule has 1 aliphatic rings. The van der Waals surface area contributed by atoms with Crippen molar-refractivity contribution in [3.8, 4) is 0 Å². The van der Waals surface area contributed by atoms with E-state index in [4.69, 9.17) is 16.3 Å². The number of rotatable bonds is 4. The molecule has 4 heteroatoms. The van der Waals surface area contributed by atoms with E-state index in [-0.39, 0.29) is 5.97 Å². The number of carbonyl (C=O) groups excluding carboxylic acids is 1. The number of ether oxygens (including phenoxy) is 1. The van der Waals surface area contributed by atoms with Gasteiger partial charge in [-0.3, -0.25) is 0 Å².